The monoisotopic (exact) mass is 353 g/mol. The summed E-state index contributed by atoms with van der Waals surface area (Å²) in [6.45, 7) is 5.71. The molecular weight excluding hydrogens is 337 g/mol. The van der Waals surface area contributed by atoms with Crippen molar-refractivity contribution >= 4 is 35.0 Å². The maximum atomic E-state index is 12.7. The fourth-order valence-electron chi connectivity index (χ4n) is 2.45. The SMILES string of the molecule is CCOC(=O)Cc1c(C)[nH]c(C(=O)c2ccc(Cl)cc2Cl)c1C. The molecule has 6 heteroatoms. The lowest BCUT2D eigenvalue weighted by atomic mass is 10.0. The Kier molecular flexibility index (Phi) is 5.50. The van der Waals surface area contributed by atoms with Crippen LogP contribution in [0.2, 0.25) is 10.0 Å². The average molecular weight is 354 g/mol. The summed E-state index contributed by atoms with van der Waals surface area (Å²) in [6, 6.07) is 4.74. The summed E-state index contributed by atoms with van der Waals surface area (Å²) in [5.74, 6) is -0.552. The van der Waals surface area contributed by atoms with Crippen LogP contribution in [0.25, 0.3) is 0 Å². The molecule has 1 aromatic carbocycles. The van der Waals surface area contributed by atoms with Gasteiger partial charge >= 0.3 is 5.97 Å². The minimum atomic E-state index is -0.318. The summed E-state index contributed by atoms with van der Waals surface area (Å²) in [4.78, 5) is 27.5. The van der Waals surface area contributed by atoms with Crippen molar-refractivity contribution in [1.82, 2.24) is 4.98 Å². The Morgan fingerprint density at radius 1 is 1.22 bits per heavy atom. The third kappa shape index (κ3) is 3.77. The standard InChI is InChI=1S/C17H17Cl2NO3/c1-4-23-15(21)8-13-9(2)16(20-10(13)3)17(22)12-6-5-11(18)7-14(12)19/h5-7,20H,4,8H2,1-3H3. The summed E-state index contributed by atoms with van der Waals surface area (Å²) < 4.78 is 4.97. The zero-order chi connectivity index (χ0) is 17.1. The van der Waals surface area contributed by atoms with E-state index in [1.54, 1.807) is 26.0 Å². The Balaban J connectivity index is 2.37. The van der Waals surface area contributed by atoms with E-state index in [1.807, 2.05) is 6.92 Å². The van der Waals surface area contributed by atoms with Crippen LogP contribution in [-0.2, 0) is 16.0 Å². The maximum absolute atomic E-state index is 12.7. The predicted molar refractivity (Wildman–Crippen MR) is 90.5 cm³/mol. The molecule has 0 spiro atoms. The number of rotatable bonds is 5. The van der Waals surface area contributed by atoms with E-state index in [-0.39, 0.29) is 18.2 Å². The fraction of sp³-hybridized carbons (Fsp3) is 0.294. The molecular formula is C17H17Cl2NO3. The highest BCUT2D eigenvalue weighted by atomic mass is 35.5. The normalized spacial score (nSPS) is 10.7. The van der Waals surface area contributed by atoms with Crippen molar-refractivity contribution < 1.29 is 14.3 Å². The number of nitrogens with one attached hydrogen (secondary N) is 1. The zero-order valence-electron chi connectivity index (χ0n) is 13.1. The van der Waals surface area contributed by atoms with E-state index in [0.29, 0.717) is 27.9 Å². The van der Waals surface area contributed by atoms with E-state index >= 15 is 0 Å². The molecule has 0 aliphatic rings. The van der Waals surface area contributed by atoms with Gasteiger partial charge in [-0.05, 0) is 50.1 Å². The molecule has 0 fully saturated rings. The minimum Gasteiger partial charge on any atom is -0.466 e. The Hall–Kier alpha value is -1.78. The Labute approximate surface area is 144 Å². The van der Waals surface area contributed by atoms with E-state index in [9.17, 15) is 9.59 Å². The van der Waals surface area contributed by atoms with Crippen molar-refractivity contribution in [1.29, 1.82) is 0 Å². The van der Waals surface area contributed by atoms with Crippen LogP contribution >= 0.6 is 23.2 Å². The number of halogens is 2. The molecule has 122 valence electrons. The maximum Gasteiger partial charge on any atom is 0.310 e. The van der Waals surface area contributed by atoms with Gasteiger partial charge in [0, 0.05) is 16.3 Å². The summed E-state index contributed by atoms with van der Waals surface area (Å²) in [7, 11) is 0. The number of H-pyrrole nitrogens is 1. The van der Waals surface area contributed by atoms with Crippen LogP contribution in [-0.4, -0.2) is 23.3 Å². The van der Waals surface area contributed by atoms with Crippen LogP contribution in [0.3, 0.4) is 0 Å². The highest BCUT2D eigenvalue weighted by molar-refractivity contribution is 6.37. The highest BCUT2D eigenvalue weighted by Gasteiger charge is 2.22. The molecule has 1 N–H and O–H groups in total. The van der Waals surface area contributed by atoms with Gasteiger partial charge in [-0.15, -0.1) is 0 Å². The number of hydrogen-bond donors (Lipinski definition) is 1. The zero-order valence-corrected chi connectivity index (χ0v) is 14.6. The molecule has 23 heavy (non-hydrogen) atoms. The first-order valence-electron chi connectivity index (χ1n) is 7.18. The number of aryl methyl sites for hydroxylation is 1. The van der Waals surface area contributed by atoms with E-state index in [2.05, 4.69) is 4.98 Å². The van der Waals surface area contributed by atoms with Gasteiger partial charge in [0.1, 0.15) is 0 Å². The number of ketones is 1. The van der Waals surface area contributed by atoms with Gasteiger partial charge in [0.2, 0.25) is 5.78 Å². The third-order valence-electron chi connectivity index (χ3n) is 3.62. The van der Waals surface area contributed by atoms with E-state index in [4.69, 9.17) is 27.9 Å². The van der Waals surface area contributed by atoms with Crippen LogP contribution in [0, 0.1) is 13.8 Å². The summed E-state index contributed by atoms with van der Waals surface area (Å²) in [6.07, 6.45) is 0.129. The van der Waals surface area contributed by atoms with Gasteiger partial charge < -0.3 is 9.72 Å². The molecule has 2 aromatic rings. The summed E-state index contributed by atoms with van der Waals surface area (Å²) in [5.41, 5.74) is 3.06. The largest absolute Gasteiger partial charge is 0.466 e. The lowest BCUT2D eigenvalue weighted by Gasteiger charge is -2.05. The van der Waals surface area contributed by atoms with Crippen LogP contribution in [0.4, 0.5) is 0 Å². The molecule has 0 saturated carbocycles. The molecule has 0 aliphatic carbocycles. The van der Waals surface area contributed by atoms with Gasteiger partial charge in [0.15, 0.2) is 0 Å². The number of aromatic nitrogens is 1. The minimum absolute atomic E-state index is 0.129. The van der Waals surface area contributed by atoms with Crippen LogP contribution in [0.15, 0.2) is 18.2 Å². The number of ether oxygens (including phenoxy) is 1. The van der Waals surface area contributed by atoms with Gasteiger partial charge in [-0.2, -0.15) is 0 Å². The number of esters is 1. The van der Waals surface area contributed by atoms with Crippen LogP contribution in [0.5, 0.6) is 0 Å². The van der Waals surface area contributed by atoms with Crippen molar-refractivity contribution in [2.75, 3.05) is 6.61 Å². The second-order valence-electron chi connectivity index (χ2n) is 5.16. The second kappa shape index (κ2) is 7.20. The summed E-state index contributed by atoms with van der Waals surface area (Å²) >= 11 is 12.0. The number of carbonyl (C=O) groups excluding carboxylic acids is 2. The molecule has 0 radical (unpaired) electrons. The van der Waals surface area contributed by atoms with Crippen molar-refractivity contribution in [3.63, 3.8) is 0 Å². The van der Waals surface area contributed by atoms with E-state index in [0.717, 1.165) is 16.8 Å². The van der Waals surface area contributed by atoms with E-state index < -0.39 is 0 Å². The highest BCUT2D eigenvalue weighted by Crippen LogP contribution is 2.26. The average Bonchev–Trinajstić information content (AvgIpc) is 2.75. The van der Waals surface area contributed by atoms with Crippen molar-refractivity contribution in [3.05, 3.63) is 56.3 Å². The first-order chi connectivity index (χ1) is 10.8. The first kappa shape index (κ1) is 17.6. The summed E-state index contributed by atoms with van der Waals surface area (Å²) in [5, 5.41) is 0.759. The van der Waals surface area contributed by atoms with Gasteiger partial charge in [0.25, 0.3) is 0 Å². The van der Waals surface area contributed by atoms with Gasteiger partial charge in [-0.3, -0.25) is 9.59 Å². The molecule has 0 saturated heterocycles. The topological polar surface area (TPSA) is 59.2 Å². The number of benzene rings is 1. The first-order valence-corrected chi connectivity index (χ1v) is 7.94. The number of aromatic amines is 1. The van der Waals surface area contributed by atoms with Crippen molar-refractivity contribution in [2.45, 2.75) is 27.2 Å². The van der Waals surface area contributed by atoms with Crippen molar-refractivity contribution in [2.24, 2.45) is 0 Å². The van der Waals surface area contributed by atoms with Crippen LogP contribution < -0.4 is 0 Å². The van der Waals surface area contributed by atoms with Gasteiger partial charge in [0.05, 0.1) is 23.7 Å². The molecule has 4 nitrogen and oxygen atoms in total. The Bertz CT molecular complexity index is 765. The second-order valence-corrected chi connectivity index (χ2v) is 6.01. The molecule has 0 unspecified atom stereocenters. The lowest BCUT2D eigenvalue weighted by molar-refractivity contribution is -0.142. The van der Waals surface area contributed by atoms with Gasteiger partial charge in [-0.1, -0.05) is 23.2 Å². The van der Waals surface area contributed by atoms with Crippen molar-refractivity contribution in [3.8, 4) is 0 Å². The molecule has 0 atom stereocenters. The molecule has 0 aliphatic heterocycles. The molecule has 0 bridgehead atoms. The predicted octanol–water partition coefficient (Wildman–Crippen LogP) is 4.27. The molecule has 1 heterocycles. The fourth-order valence-corrected chi connectivity index (χ4v) is 2.94. The Morgan fingerprint density at radius 3 is 2.52 bits per heavy atom. The van der Waals surface area contributed by atoms with E-state index in [1.165, 1.54) is 6.07 Å². The quantitative estimate of drug-likeness (QED) is 0.644. The Morgan fingerprint density at radius 2 is 1.91 bits per heavy atom. The third-order valence-corrected chi connectivity index (χ3v) is 4.17. The lowest BCUT2D eigenvalue weighted by Crippen LogP contribution is -2.09. The molecule has 0 amide bonds. The van der Waals surface area contributed by atoms with Crippen LogP contribution in [0.1, 0.15) is 39.8 Å². The smallest absolute Gasteiger partial charge is 0.310 e. The van der Waals surface area contributed by atoms with Gasteiger partial charge in [-0.25, -0.2) is 0 Å². The number of carbonyl (C=O) groups is 2. The molecule has 2 rings (SSSR count). The number of hydrogen-bond acceptors (Lipinski definition) is 3. The molecule has 1 aromatic heterocycles.